The molecule has 1 aromatic carbocycles. The number of aliphatic hydroxyl groups is 1. The van der Waals surface area contributed by atoms with Gasteiger partial charge in [0.05, 0.1) is 12.7 Å². The monoisotopic (exact) mass is 321 g/mol. The van der Waals surface area contributed by atoms with Crippen molar-refractivity contribution < 1.29 is 14.2 Å². The summed E-state index contributed by atoms with van der Waals surface area (Å²) in [7, 11) is 2.16. The average molecular weight is 321 g/mol. The Balaban J connectivity index is 1.50. The molecule has 1 fully saturated rings. The lowest BCUT2D eigenvalue weighted by Gasteiger charge is -2.32. The Hall–Kier alpha value is -1.13. The molecule has 3 nitrogen and oxygen atoms in total. The molecule has 0 bridgehead atoms. The summed E-state index contributed by atoms with van der Waals surface area (Å²) < 4.78 is 19.1. The minimum atomic E-state index is -0.627. The predicted molar refractivity (Wildman–Crippen MR) is 89.0 cm³/mol. The van der Waals surface area contributed by atoms with Gasteiger partial charge < -0.3 is 14.7 Å². The normalized spacial score (nSPS) is 25.2. The molecule has 0 radical (unpaired) electrons. The summed E-state index contributed by atoms with van der Waals surface area (Å²) in [6.45, 7) is 2.61. The van der Waals surface area contributed by atoms with Gasteiger partial charge in [0, 0.05) is 18.0 Å². The van der Waals surface area contributed by atoms with E-state index in [2.05, 4.69) is 11.9 Å². The molecule has 2 aliphatic rings. The van der Waals surface area contributed by atoms with E-state index in [4.69, 9.17) is 4.74 Å². The minimum Gasteiger partial charge on any atom is -0.493 e. The summed E-state index contributed by atoms with van der Waals surface area (Å²) in [4.78, 5) is 2.38. The number of rotatable bonds is 5. The summed E-state index contributed by atoms with van der Waals surface area (Å²) >= 11 is 0. The zero-order valence-corrected chi connectivity index (χ0v) is 14.0. The van der Waals surface area contributed by atoms with Gasteiger partial charge in [0.25, 0.3) is 0 Å². The molecule has 1 heterocycles. The van der Waals surface area contributed by atoms with Gasteiger partial charge in [-0.25, -0.2) is 4.39 Å². The fourth-order valence-corrected chi connectivity index (χ4v) is 3.95. The van der Waals surface area contributed by atoms with Gasteiger partial charge >= 0.3 is 0 Å². The molecule has 0 saturated heterocycles. The van der Waals surface area contributed by atoms with Gasteiger partial charge in [-0.1, -0.05) is 19.3 Å². The van der Waals surface area contributed by atoms with Crippen molar-refractivity contribution in [3.05, 3.63) is 29.6 Å². The predicted octanol–water partition coefficient (Wildman–Crippen LogP) is 3.77. The number of halogens is 1. The molecular weight excluding hydrogens is 293 g/mol. The van der Waals surface area contributed by atoms with Crippen molar-refractivity contribution >= 4 is 0 Å². The number of aliphatic hydroxyl groups excluding tert-OH is 1. The van der Waals surface area contributed by atoms with E-state index in [1.165, 1.54) is 44.2 Å². The smallest absolute Gasteiger partial charge is 0.125 e. The average Bonchev–Trinajstić information content (AvgIpc) is 2.56. The van der Waals surface area contributed by atoms with E-state index in [-0.39, 0.29) is 11.7 Å². The molecule has 0 aromatic heterocycles. The number of hydrogen-bond acceptors (Lipinski definition) is 3. The fourth-order valence-electron chi connectivity index (χ4n) is 3.95. The second kappa shape index (κ2) is 7.63. The summed E-state index contributed by atoms with van der Waals surface area (Å²) in [6.07, 6.45) is 7.09. The van der Waals surface area contributed by atoms with Crippen LogP contribution in [0.5, 0.6) is 5.75 Å². The van der Waals surface area contributed by atoms with Crippen LogP contribution in [0.4, 0.5) is 4.39 Å². The maximum atomic E-state index is 13.4. The Kier molecular flexibility index (Phi) is 5.54. The number of fused-ring (bicyclic) bond motifs is 1. The van der Waals surface area contributed by atoms with Crippen LogP contribution in [0.1, 0.15) is 50.2 Å². The topological polar surface area (TPSA) is 32.7 Å². The minimum absolute atomic E-state index is 0.0399. The van der Waals surface area contributed by atoms with Crippen LogP contribution in [0.3, 0.4) is 0 Å². The van der Waals surface area contributed by atoms with Crippen molar-refractivity contribution in [1.82, 2.24) is 4.90 Å². The van der Waals surface area contributed by atoms with Crippen molar-refractivity contribution in [2.24, 2.45) is 11.8 Å². The largest absolute Gasteiger partial charge is 0.493 e. The quantitative estimate of drug-likeness (QED) is 0.896. The third-order valence-corrected chi connectivity index (χ3v) is 5.37. The first kappa shape index (κ1) is 16.7. The van der Waals surface area contributed by atoms with Crippen molar-refractivity contribution in [3.63, 3.8) is 0 Å². The van der Waals surface area contributed by atoms with E-state index in [9.17, 15) is 9.50 Å². The molecule has 3 rings (SSSR count). The molecule has 1 aliphatic carbocycles. The Bertz CT molecular complexity index is 516. The molecule has 2 atom stereocenters. The van der Waals surface area contributed by atoms with E-state index in [0.717, 1.165) is 25.4 Å². The van der Waals surface area contributed by atoms with Crippen molar-refractivity contribution in [2.45, 2.75) is 44.6 Å². The highest BCUT2D eigenvalue weighted by molar-refractivity contribution is 5.37. The van der Waals surface area contributed by atoms with E-state index < -0.39 is 6.10 Å². The first-order valence-corrected chi connectivity index (χ1v) is 8.92. The molecule has 4 heteroatoms. The van der Waals surface area contributed by atoms with Gasteiger partial charge in [-0.3, -0.25) is 0 Å². The second-order valence-electron chi connectivity index (χ2n) is 7.25. The summed E-state index contributed by atoms with van der Waals surface area (Å²) in [5.74, 6) is 1.17. The van der Waals surface area contributed by atoms with Gasteiger partial charge in [-0.2, -0.15) is 0 Å². The number of nitrogens with zero attached hydrogens (tertiary/aromatic N) is 1. The molecule has 1 aliphatic heterocycles. The molecule has 0 amide bonds. The van der Waals surface area contributed by atoms with Crippen LogP contribution in [0.2, 0.25) is 0 Å². The Morgan fingerprint density at radius 2 is 2.04 bits per heavy atom. The van der Waals surface area contributed by atoms with Gasteiger partial charge in [-0.05, 0) is 57.0 Å². The maximum absolute atomic E-state index is 13.4. The lowest BCUT2D eigenvalue weighted by atomic mass is 9.88. The van der Waals surface area contributed by atoms with Crippen LogP contribution < -0.4 is 4.74 Å². The van der Waals surface area contributed by atoms with Crippen LogP contribution in [0.25, 0.3) is 0 Å². The van der Waals surface area contributed by atoms with Gasteiger partial charge in [0.2, 0.25) is 0 Å². The van der Waals surface area contributed by atoms with Crippen LogP contribution in [-0.4, -0.2) is 36.8 Å². The van der Waals surface area contributed by atoms with E-state index in [1.807, 2.05) is 0 Å². The van der Waals surface area contributed by atoms with Crippen molar-refractivity contribution in [2.75, 3.05) is 26.7 Å². The summed E-state index contributed by atoms with van der Waals surface area (Å²) in [5, 5.41) is 10.5. The first-order valence-electron chi connectivity index (χ1n) is 8.92. The zero-order valence-electron chi connectivity index (χ0n) is 14.0. The summed E-state index contributed by atoms with van der Waals surface area (Å²) in [5.41, 5.74) is 0.594. The zero-order chi connectivity index (χ0) is 16.2. The highest BCUT2D eigenvalue weighted by Crippen LogP contribution is 2.37. The molecule has 1 N–H and O–H groups in total. The second-order valence-corrected chi connectivity index (χ2v) is 7.25. The molecule has 2 unspecified atom stereocenters. The number of hydrogen-bond donors (Lipinski definition) is 1. The lowest BCUT2D eigenvalue weighted by molar-refractivity contribution is 0.0401. The van der Waals surface area contributed by atoms with Crippen molar-refractivity contribution in [1.29, 1.82) is 0 Å². The van der Waals surface area contributed by atoms with Crippen LogP contribution in [0.15, 0.2) is 18.2 Å². The van der Waals surface area contributed by atoms with Gasteiger partial charge in [-0.15, -0.1) is 0 Å². The third kappa shape index (κ3) is 4.24. The highest BCUT2D eigenvalue weighted by atomic mass is 19.1. The molecule has 1 aromatic rings. The Morgan fingerprint density at radius 1 is 1.26 bits per heavy atom. The Labute approximate surface area is 138 Å². The van der Waals surface area contributed by atoms with Crippen LogP contribution in [0, 0.1) is 17.7 Å². The number of ether oxygens (including phenoxy) is 1. The maximum Gasteiger partial charge on any atom is 0.125 e. The molecule has 1 saturated carbocycles. The fraction of sp³-hybridized carbons (Fsp3) is 0.684. The molecular formula is C19H28FNO2. The van der Waals surface area contributed by atoms with Crippen LogP contribution in [-0.2, 0) is 0 Å². The highest BCUT2D eigenvalue weighted by Gasteiger charge is 2.30. The molecule has 128 valence electrons. The third-order valence-electron chi connectivity index (χ3n) is 5.37. The standard InChI is InChI=1S/C19H28FNO2/c1-21(12-14-5-3-2-4-6-14)10-9-15-13-23-18-8-7-16(20)11-17(18)19(15)22/h7-8,11,14-15,19,22H,2-6,9-10,12-13H2,1H3. The van der Waals surface area contributed by atoms with Crippen molar-refractivity contribution in [3.8, 4) is 5.75 Å². The molecule has 23 heavy (non-hydrogen) atoms. The number of benzene rings is 1. The van der Waals surface area contributed by atoms with E-state index in [0.29, 0.717) is 17.9 Å². The lowest BCUT2D eigenvalue weighted by Crippen LogP contribution is -2.32. The Morgan fingerprint density at radius 3 is 2.83 bits per heavy atom. The van der Waals surface area contributed by atoms with E-state index in [1.54, 1.807) is 6.07 Å². The van der Waals surface area contributed by atoms with E-state index >= 15 is 0 Å². The summed E-state index contributed by atoms with van der Waals surface area (Å²) in [6, 6.07) is 4.39. The first-order chi connectivity index (χ1) is 11.1. The van der Waals surface area contributed by atoms with Gasteiger partial charge in [0.15, 0.2) is 0 Å². The van der Waals surface area contributed by atoms with Crippen LogP contribution >= 0.6 is 0 Å². The molecule has 0 spiro atoms. The SMILES string of the molecule is CN(CCC1COc2ccc(F)cc2C1O)CC1CCCCC1. The van der Waals surface area contributed by atoms with Gasteiger partial charge in [0.1, 0.15) is 11.6 Å².